The van der Waals surface area contributed by atoms with Crippen LogP contribution < -0.4 is 5.73 Å². The molecule has 0 spiro atoms. The molecule has 0 atom stereocenters. The van der Waals surface area contributed by atoms with Crippen molar-refractivity contribution < 1.29 is 4.79 Å². The summed E-state index contributed by atoms with van der Waals surface area (Å²) in [5.74, 6) is -0.211. The van der Waals surface area contributed by atoms with E-state index < -0.39 is 0 Å². The van der Waals surface area contributed by atoms with Crippen molar-refractivity contribution in [2.24, 2.45) is 5.73 Å². The van der Waals surface area contributed by atoms with Crippen LogP contribution in [0, 0.1) is 0 Å². The van der Waals surface area contributed by atoms with Gasteiger partial charge in [-0.1, -0.05) is 6.92 Å². The van der Waals surface area contributed by atoms with E-state index in [9.17, 15) is 4.79 Å². The van der Waals surface area contributed by atoms with Crippen molar-refractivity contribution >= 4 is 35.3 Å². The van der Waals surface area contributed by atoms with Gasteiger partial charge >= 0.3 is 0 Å². The number of halogens is 2. The first-order valence-electron chi connectivity index (χ1n) is 2.05. The monoisotopic (exact) mass is 203 g/mol. The molecule has 0 aliphatic rings. The molecule has 1 amide bonds. The van der Waals surface area contributed by atoms with Gasteiger partial charge in [0, 0.05) is 6.42 Å². The molecule has 4 heteroatoms. The van der Waals surface area contributed by atoms with E-state index in [-0.39, 0.29) is 35.3 Å². The standard InChI is InChI=1S/C4H9NO.BrH.ClH/c1-2-3-4(5)6;;/h2-3H2,1H3,(H2,5,6);2*1H. The molecule has 0 aliphatic heterocycles. The van der Waals surface area contributed by atoms with E-state index in [0.717, 1.165) is 6.42 Å². The predicted molar refractivity (Wildman–Crippen MR) is 41.7 cm³/mol. The summed E-state index contributed by atoms with van der Waals surface area (Å²) in [5.41, 5.74) is 4.76. The third-order valence-corrected chi connectivity index (χ3v) is 0.496. The van der Waals surface area contributed by atoms with Crippen LogP contribution >= 0.6 is 29.4 Å². The minimum absolute atomic E-state index is 0. The van der Waals surface area contributed by atoms with Crippen LogP contribution in [0.4, 0.5) is 0 Å². The summed E-state index contributed by atoms with van der Waals surface area (Å²) in [6, 6.07) is 0. The molecule has 0 unspecified atom stereocenters. The summed E-state index contributed by atoms with van der Waals surface area (Å²) in [6.07, 6.45) is 1.37. The first-order valence-corrected chi connectivity index (χ1v) is 2.05. The molecule has 0 saturated carbocycles. The number of hydrogen-bond acceptors (Lipinski definition) is 1. The normalized spacial score (nSPS) is 6.12. The molecule has 0 saturated heterocycles. The highest BCUT2D eigenvalue weighted by Gasteiger charge is 1.84. The van der Waals surface area contributed by atoms with E-state index in [1.54, 1.807) is 0 Å². The van der Waals surface area contributed by atoms with Gasteiger partial charge in [0.1, 0.15) is 0 Å². The molecular formula is C4H11BrClNO. The highest BCUT2D eigenvalue weighted by molar-refractivity contribution is 8.93. The molecule has 0 radical (unpaired) electrons. The minimum atomic E-state index is -0.211. The Balaban J connectivity index is -0.000000125. The Labute approximate surface area is 66.0 Å². The number of primary amides is 1. The maximum absolute atomic E-state index is 9.82. The van der Waals surface area contributed by atoms with Crippen LogP contribution in [0.5, 0.6) is 0 Å². The van der Waals surface area contributed by atoms with Crippen molar-refractivity contribution in [3.63, 3.8) is 0 Å². The molecule has 2 nitrogen and oxygen atoms in total. The summed E-state index contributed by atoms with van der Waals surface area (Å²) < 4.78 is 0. The first kappa shape index (κ1) is 15.7. The Morgan fingerprint density at radius 1 is 1.62 bits per heavy atom. The van der Waals surface area contributed by atoms with Crippen molar-refractivity contribution in [2.75, 3.05) is 0 Å². The van der Waals surface area contributed by atoms with Crippen LogP contribution in [0.2, 0.25) is 0 Å². The Kier molecular flexibility index (Phi) is 20.2. The van der Waals surface area contributed by atoms with Crippen LogP contribution in [-0.2, 0) is 4.79 Å². The predicted octanol–water partition coefficient (Wildman–Crippen LogP) is 1.27. The van der Waals surface area contributed by atoms with E-state index in [1.807, 2.05) is 6.92 Å². The summed E-state index contributed by atoms with van der Waals surface area (Å²) >= 11 is 0. The van der Waals surface area contributed by atoms with Crippen molar-refractivity contribution in [1.29, 1.82) is 0 Å². The fourth-order valence-corrected chi connectivity index (χ4v) is 0.246. The second-order valence-electron chi connectivity index (χ2n) is 1.22. The fraction of sp³-hybridized carbons (Fsp3) is 0.750. The molecule has 0 aromatic rings. The second kappa shape index (κ2) is 10.3. The van der Waals surface area contributed by atoms with E-state index in [1.165, 1.54) is 0 Å². The van der Waals surface area contributed by atoms with E-state index in [4.69, 9.17) is 5.73 Å². The average Bonchev–Trinajstić information content (AvgIpc) is 1.35. The van der Waals surface area contributed by atoms with Gasteiger partial charge in [0.05, 0.1) is 0 Å². The zero-order valence-corrected chi connectivity index (χ0v) is 7.25. The highest BCUT2D eigenvalue weighted by Crippen LogP contribution is 1.79. The second-order valence-corrected chi connectivity index (χ2v) is 1.22. The SMILES string of the molecule is Br.CCCC(N)=O.Cl. The number of carbonyl (C=O) groups is 1. The first-order chi connectivity index (χ1) is 2.77. The van der Waals surface area contributed by atoms with Gasteiger partial charge in [-0.25, -0.2) is 0 Å². The van der Waals surface area contributed by atoms with Gasteiger partial charge in [0.2, 0.25) is 5.91 Å². The number of hydrogen-bond donors (Lipinski definition) is 1. The molecule has 0 aromatic carbocycles. The number of amides is 1. The maximum Gasteiger partial charge on any atom is 0.217 e. The molecule has 0 bridgehead atoms. The quantitative estimate of drug-likeness (QED) is 0.723. The van der Waals surface area contributed by atoms with E-state index >= 15 is 0 Å². The molecule has 0 aromatic heterocycles. The van der Waals surface area contributed by atoms with Gasteiger partial charge in [0.25, 0.3) is 0 Å². The third kappa shape index (κ3) is 16.3. The van der Waals surface area contributed by atoms with Gasteiger partial charge in [-0.2, -0.15) is 0 Å². The smallest absolute Gasteiger partial charge is 0.217 e. The van der Waals surface area contributed by atoms with Gasteiger partial charge in [-0.15, -0.1) is 29.4 Å². The lowest BCUT2D eigenvalue weighted by atomic mass is 10.3. The van der Waals surface area contributed by atoms with Crippen LogP contribution in [-0.4, -0.2) is 5.91 Å². The lowest BCUT2D eigenvalue weighted by molar-refractivity contribution is -0.118. The fourth-order valence-electron chi connectivity index (χ4n) is 0.246. The maximum atomic E-state index is 9.82. The third-order valence-electron chi connectivity index (χ3n) is 0.496. The van der Waals surface area contributed by atoms with Crippen LogP contribution in [0.25, 0.3) is 0 Å². The molecule has 2 N–H and O–H groups in total. The molecule has 8 heavy (non-hydrogen) atoms. The molecule has 0 fully saturated rings. The van der Waals surface area contributed by atoms with E-state index in [0.29, 0.717) is 6.42 Å². The van der Waals surface area contributed by atoms with Crippen molar-refractivity contribution in [1.82, 2.24) is 0 Å². The van der Waals surface area contributed by atoms with Gasteiger partial charge in [-0.05, 0) is 6.42 Å². The number of carbonyl (C=O) groups excluding carboxylic acids is 1. The molecule has 0 rings (SSSR count). The minimum Gasteiger partial charge on any atom is -0.370 e. The van der Waals surface area contributed by atoms with Gasteiger partial charge in [0.15, 0.2) is 0 Å². The Hall–Kier alpha value is 0.240. The zero-order valence-electron chi connectivity index (χ0n) is 4.72. The van der Waals surface area contributed by atoms with Crippen molar-refractivity contribution in [2.45, 2.75) is 19.8 Å². The van der Waals surface area contributed by atoms with Crippen LogP contribution in [0.3, 0.4) is 0 Å². The van der Waals surface area contributed by atoms with Crippen molar-refractivity contribution in [3.05, 3.63) is 0 Å². The van der Waals surface area contributed by atoms with Gasteiger partial charge in [-0.3, -0.25) is 4.79 Å². The number of nitrogens with two attached hydrogens (primary N) is 1. The molecule has 52 valence electrons. The van der Waals surface area contributed by atoms with Crippen LogP contribution in [0.15, 0.2) is 0 Å². The summed E-state index contributed by atoms with van der Waals surface area (Å²) in [6.45, 7) is 1.92. The Morgan fingerprint density at radius 2 is 2.00 bits per heavy atom. The lowest BCUT2D eigenvalue weighted by Crippen LogP contribution is -2.08. The molecular weight excluding hydrogens is 193 g/mol. The van der Waals surface area contributed by atoms with E-state index in [2.05, 4.69) is 0 Å². The highest BCUT2D eigenvalue weighted by atomic mass is 79.9. The average molecular weight is 204 g/mol. The largest absolute Gasteiger partial charge is 0.370 e. The van der Waals surface area contributed by atoms with Gasteiger partial charge < -0.3 is 5.73 Å². The number of rotatable bonds is 2. The topological polar surface area (TPSA) is 43.1 Å². The lowest BCUT2D eigenvalue weighted by Gasteiger charge is -1.81. The Bertz CT molecular complexity index is 60.0. The van der Waals surface area contributed by atoms with Crippen LogP contribution in [0.1, 0.15) is 19.8 Å². The summed E-state index contributed by atoms with van der Waals surface area (Å²) in [7, 11) is 0. The summed E-state index contributed by atoms with van der Waals surface area (Å²) in [4.78, 5) is 9.82. The Morgan fingerprint density at radius 3 is 2.00 bits per heavy atom. The summed E-state index contributed by atoms with van der Waals surface area (Å²) in [5, 5.41) is 0. The molecule has 0 heterocycles. The molecule has 0 aliphatic carbocycles. The van der Waals surface area contributed by atoms with Crippen molar-refractivity contribution in [3.8, 4) is 0 Å². The zero-order chi connectivity index (χ0) is 4.99.